The Kier molecular flexibility index (Phi) is 4.70. The number of fused-ring (bicyclic) bond motifs is 1. The van der Waals surface area contributed by atoms with Gasteiger partial charge in [0, 0.05) is 23.4 Å². The van der Waals surface area contributed by atoms with Gasteiger partial charge in [-0.25, -0.2) is 0 Å². The number of rotatable bonds is 4. The molecule has 1 atom stereocenters. The normalized spacial score (nSPS) is 16.2. The van der Waals surface area contributed by atoms with Crippen molar-refractivity contribution in [2.75, 3.05) is 11.9 Å². The summed E-state index contributed by atoms with van der Waals surface area (Å²) in [5, 5.41) is 2.67. The molecule has 130 valence electrons. The van der Waals surface area contributed by atoms with Gasteiger partial charge in [-0.05, 0) is 49.6 Å². The minimum atomic E-state index is -0.542. The number of ether oxygens (including phenoxy) is 1. The van der Waals surface area contributed by atoms with Gasteiger partial charge in [0.15, 0.2) is 5.78 Å². The van der Waals surface area contributed by atoms with Gasteiger partial charge < -0.3 is 15.0 Å². The Morgan fingerprint density at radius 3 is 2.64 bits per heavy atom. The van der Waals surface area contributed by atoms with Gasteiger partial charge in [-0.3, -0.25) is 14.4 Å². The van der Waals surface area contributed by atoms with E-state index >= 15 is 0 Å². The molecule has 1 heterocycles. The molecular formula is C19H20N2O4. The highest BCUT2D eigenvalue weighted by Gasteiger charge is 2.25. The summed E-state index contributed by atoms with van der Waals surface area (Å²) in [7, 11) is 0. The lowest BCUT2D eigenvalue weighted by Crippen LogP contribution is -2.29. The van der Waals surface area contributed by atoms with E-state index in [0.29, 0.717) is 42.1 Å². The molecule has 2 aromatic rings. The molecule has 0 saturated carbocycles. The Morgan fingerprint density at radius 2 is 1.96 bits per heavy atom. The molecule has 1 aromatic heterocycles. The maximum absolute atomic E-state index is 12.4. The fourth-order valence-electron chi connectivity index (χ4n) is 2.99. The van der Waals surface area contributed by atoms with Crippen LogP contribution in [0.2, 0.25) is 0 Å². The molecule has 1 aromatic carbocycles. The van der Waals surface area contributed by atoms with Gasteiger partial charge in [0.25, 0.3) is 11.5 Å². The van der Waals surface area contributed by atoms with Crippen LogP contribution in [0.25, 0.3) is 0 Å². The average molecular weight is 340 g/mol. The summed E-state index contributed by atoms with van der Waals surface area (Å²) in [4.78, 5) is 39.5. The summed E-state index contributed by atoms with van der Waals surface area (Å²) in [6.07, 6.45) is 1.07. The second-order valence-electron chi connectivity index (χ2n) is 6.25. The zero-order valence-corrected chi connectivity index (χ0v) is 14.2. The predicted molar refractivity (Wildman–Crippen MR) is 94.4 cm³/mol. The number of H-pyrrole nitrogens is 1. The molecule has 25 heavy (non-hydrogen) atoms. The number of aromatic amines is 1. The molecule has 0 bridgehead atoms. The van der Waals surface area contributed by atoms with Crippen LogP contribution in [0.4, 0.5) is 5.69 Å². The lowest BCUT2D eigenvalue weighted by atomic mass is 9.86. The van der Waals surface area contributed by atoms with E-state index in [-0.39, 0.29) is 17.3 Å². The van der Waals surface area contributed by atoms with E-state index in [2.05, 4.69) is 10.3 Å². The number of amides is 1. The van der Waals surface area contributed by atoms with Gasteiger partial charge in [0.05, 0.1) is 6.61 Å². The second kappa shape index (κ2) is 6.93. The first-order valence-corrected chi connectivity index (χ1v) is 8.31. The third kappa shape index (κ3) is 3.63. The van der Waals surface area contributed by atoms with Gasteiger partial charge in [-0.1, -0.05) is 6.92 Å². The lowest BCUT2D eigenvalue weighted by molar-refractivity contribution is 0.0952. The summed E-state index contributed by atoms with van der Waals surface area (Å²) < 4.78 is 5.35. The third-order valence-electron chi connectivity index (χ3n) is 4.18. The number of ketones is 1. The number of pyridine rings is 1. The standard InChI is InChI=1S/C19H20N2O4/c1-3-25-13-6-4-12(5-7-13)20-18(23)15-10-14-16(21-19(15)24)8-11(2)9-17(14)22/h4-7,10-11H,3,8-9H2,1-2H3,(H,20,23)(H,21,24). The maximum atomic E-state index is 12.4. The summed E-state index contributed by atoms with van der Waals surface area (Å²) >= 11 is 0. The molecule has 6 nitrogen and oxygen atoms in total. The van der Waals surface area contributed by atoms with Crippen molar-refractivity contribution in [3.05, 3.63) is 57.5 Å². The van der Waals surface area contributed by atoms with Crippen LogP contribution < -0.4 is 15.6 Å². The number of aromatic nitrogens is 1. The predicted octanol–water partition coefficient (Wildman–Crippen LogP) is 2.79. The van der Waals surface area contributed by atoms with E-state index in [4.69, 9.17) is 4.74 Å². The van der Waals surface area contributed by atoms with Crippen molar-refractivity contribution >= 4 is 17.4 Å². The van der Waals surface area contributed by atoms with E-state index in [1.165, 1.54) is 6.07 Å². The SMILES string of the molecule is CCOc1ccc(NC(=O)c2cc3c([nH]c2=O)CC(C)CC3=O)cc1. The average Bonchev–Trinajstić information content (AvgIpc) is 2.56. The molecule has 0 fully saturated rings. The van der Waals surface area contributed by atoms with Crippen LogP contribution in [0, 0.1) is 5.92 Å². The highest BCUT2D eigenvalue weighted by molar-refractivity contribution is 6.06. The van der Waals surface area contributed by atoms with Crippen LogP contribution in [-0.4, -0.2) is 23.3 Å². The largest absolute Gasteiger partial charge is 0.494 e. The quantitative estimate of drug-likeness (QED) is 0.896. The molecule has 0 radical (unpaired) electrons. The van der Waals surface area contributed by atoms with Gasteiger partial charge >= 0.3 is 0 Å². The Bertz CT molecular complexity index is 868. The summed E-state index contributed by atoms with van der Waals surface area (Å²) in [5.41, 5.74) is 1.06. The van der Waals surface area contributed by atoms with Crippen LogP contribution in [0.5, 0.6) is 5.75 Å². The zero-order chi connectivity index (χ0) is 18.0. The van der Waals surface area contributed by atoms with Crippen molar-refractivity contribution in [3.63, 3.8) is 0 Å². The first-order valence-electron chi connectivity index (χ1n) is 8.31. The van der Waals surface area contributed by atoms with E-state index < -0.39 is 11.5 Å². The summed E-state index contributed by atoms with van der Waals surface area (Å²) in [5.74, 6) is 0.311. The van der Waals surface area contributed by atoms with Crippen molar-refractivity contribution in [2.24, 2.45) is 5.92 Å². The number of hydrogen-bond donors (Lipinski definition) is 2. The van der Waals surface area contributed by atoms with Crippen LogP contribution in [-0.2, 0) is 6.42 Å². The Morgan fingerprint density at radius 1 is 1.24 bits per heavy atom. The number of Topliss-reactive ketones (excluding diaryl/α,β-unsaturated/α-hetero) is 1. The third-order valence-corrected chi connectivity index (χ3v) is 4.18. The smallest absolute Gasteiger partial charge is 0.261 e. The van der Waals surface area contributed by atoms with Crippen LogP contribution in [0.15, 0.2) is 35.1 Å². The van der Waals surface area contributed by atoms with Crippen LogP contribution >= 0.6 is 0 Å². The lowest BCUT2D eigenvalue weighted by Gasteiger charge is -2.20. The molecular weight excluding hydrogens is 320 g/mol. The van der Waals surface area contributed by atoms with E-state index in [1.54, 1.807) is 24.3 Å². The van der Waals surface area contributed by atoms with Crippen molar-refractivity contribution in [3.8, 4) is 5.75 Å². The van der Waals surface area contributed by atoms with E-state index in [0.717, 1.165) is 0 Å². The molecule has 2 N–H and O–H groups in total. The fourth-order valence-corrected chi connectivity index (χ4v) is 2.99. The monoisotopic (exact) mass is 340 g/mol. The topological polar surface area (TPSA) is 88.3 Å². The van der Waals surface area contributed by atoms with Gasteiger partial charge in [-0.2, -0.15) is 0 Å². The Hall–Kier alpha value is -2.89. The minimum Gasteiger partial charge on any atom is -0.494 e. The Labute approximate surface area is 145 Å². The Balaban J connectivity index is 1.84. The highest BCUT2D eigenvalue weighted by Crippen LogP contribution is 2.23. The van der Waals surface area contributed by atoms with E-state index in [1.807, 2.05) is 13.8 Å². The fraction of sp³-hybridized carbons (Fsp3) is 0.316. The van der Waals surface area contributed by atoms with Crippen molar-refractivity contribution in [1.82, 2.24) is 4.98 Å². The van der Waals surface area contributed by atoms with Crippen molar-refractivity contribution < 1.29 is 14.3 Å². The molecule has 1 amide bonds. The number of benzene rings is 1. The second-order valence-corrected chi connectivity index (χ2v) is 6.25. The van der Waals surface area contributed by atoms with Gasteiger partial charge in [0.2, 0.25) is 0 Å². The molecule has 0 spiro atoms. The molecule has 0 aliphatic heterocycles. The first kappa shape index (κ1) is 17.0. The number of anilines is 1. The molecule has 0 saturated heterocycles. The zero-order valence-electron chi connectivity index (χ0n) is 14.2. The molecule has 1 unspecified atom stereocenters. The molecule has 1 aliphatic rings. The summed E-state index contributed by atoms with van der Waals surface area (Å²) in [6, 6.07) is 8.28. The first-order chi connectivity index (χ1) is 12.0. The van der Waals surface area contributed by atoms with Crippen molar-refractivity contribution in [1.29, 1.82) is 0 Å². The van der Waals surface area contributed by atoms with E-state index in [9.17, 15) is 14.4 Å². The number of carbonyl (C=O) groups excluding carboxylic acids is 2. The molecule has 3 rings (SSSR count). The number of nitrogens with one attached hydrogen (secondary N) is 2. The molecule has 6 heteroatoms. The summed E-state index contributed by atoms with van der Waals surface area (Å²) in [6.45, 7) is 4.41. The van der Waals surface area contributed by atoms with Gasteiger partial charge in [-0.15, -0.1) is 0 Å². The minimum absolute atomic E-state index is 0.0416. The number of hydrogen-bond acceptors (Lipinski definition) is 4. The molecule has 1 aliphatic carbocycles. The number of carbonyl (C=O) groups is 2. The van der Waals surface area contributed by atoms with Crippen LogP contribution in [0.3, 0.4) is 0 Å². The van der Waals surface area contributed by atoms with Crippen LogP contribution in [0.1, 0.15) is 46.7 Å². The van der Waals surface area contributed by atoms with Gasteiger partial charge in [0.1, 0.15) is 11.3 Å². The maximum Gasteiger partial charge on any atom is 0.261 e. The highest BCUT2D eigenvalue weighted by atomic mass is 16.5. The van der Waals surface area contributed by atoms with Crippen molar-refractivity contribution in [2.45, 2.75) is 26.7 Å².